The summed E-state index contributed by atoms with van der Waals surface area (Å²) in [6.07, 6.45) is 1.36. The van der Waals surface area contributed by atoms with Gasteiger partial charge in [-0.25, -0.2) is 4.79 Å². The summed E-state index contributed by atoms with van der Waals surface area (Å²) in [4.78, 5) is 38.1. The molecule has 1 saturated heterocycles. The van der Waals surface area contributed by atoms with Gasteiger partial charge in [0.05, 0.1) is 0 Å². The van der Waals surface area contributed by atoms with Crippen molar-refractivity contribution in [3.63, 3.8) is 0 Å². The van der Waals surface area contributed by atoms with Crippen molar-refractivity contribution in [2.24, 2.45) is 0 Å². The quantitative estimate of drug-likeness (QED) is 0.750. The number of carbonyl (C=O) groups excluding carboxylic acids is 2. The minimum atomic E-state index is -1.05. The zero-order valence-electron chi connectivity index (χ0n) is 16.3. The van der Waals surface area contributed by atoms with Gasteiger partial charge in [0, 0.05) is 18.7 Å². The first-order chi connectivity index (χ1) is 13.9. The molecule has 7 heteroatoms. The summed E-state index contributed by atoms with van der Waals surface area (Å²) in [5, 5.41) is 11.6. The largest absolute Gasteiger partial charge is 0.482 e. The summed E-state index contributed by atoms with van der Waals surface area (Å²) in [6, 6.07) is 15.9. The Morgan fingerprint density at radius 2 is 1.90 bits per heavy atom. The van der Waals surface area contributed by atoms with Crippen LogP contribution in [-0.4, -0.2) is 46.5 Å². The van der Waals surface area contributed by atoms with E-state index in [9.17, 15) is 14.4 Å². The number of likely N-dealkylation sites (tertiary alicyclic amines) is 1. The van der Waals surface area contributed by atoms with Crippen LogP contribution >= 0.6 is 0 Å². The summed E-state index contributed by atoms with van der Waals surface area (Å²) in [5.74, 6) is -0.992. The first-order valence-corrected chi connectivity index (χ1v) is 9.49. The Morgan fingerprint density at radius 3 is 2.62 bits per heavy atom. The summed E-state index contributed by atoms with van der Waals surface area (Å²) < 4.78 is 5.17. The van der Waals surface area contributed by atoms with Crippen LogP contribution in [-0.2, 0) is 16.1 Å². The third-order valence-electron chi connectivity index (χ3n) is 5.11. The molecular formula is C22H24N2O5. The number of aliphatic carboxylic acids is 1. The first kappa shape index (κ1) is 20.4. The minimum Gasteiger partial charge on any atom is -0.482 e. The number of carboxylic acid groups (broad SMARTS) is 1. The number of hydrogen-bond acceptors (Lipinski definition) is 4. The Balaban J connectivity index is 1.66. The average molecular weight is 396 g/mol. The van der Waals surface area contributed by atoms with Crippen LogP contribution in [0.15, 0.2) is 54.6 Å². The maximum Gasteiger partial charge on any atom is 0.341 e. The van der Waals surface area contributed by atoms with E-state index in [0.29, 0.717) is 24.3 Å². The summed E-state index contributed by atoms with van der Waals surface area (Å²) in [7, 11) is 0. The molecule has 0 saturated carbocycles. The minimum absolute atomic E-state index is 0.148. The molecule has 0 aliphatic carbocycles. The van der Waals surface area contributed by atoms with Gasteiger partial charge in [0.15, 0.2) is 6.61 Å². The van der Waals surface area contributed by atoms with Gasteiger partial charge in [-0.3, -0.25) is 9.59 Å². The van der Waals surface area contributed by atoms with E-state index in [1.165, 1.54) is 0 Å². The molecule has 0 bridgehead atoms. The first-order valence-electron chi connectivity index (χ1n) is 9.49. The number of nitrogens with one attached hydrogen (secondary N) is 1. The van der Waals surface area contributed by atoms with E-state index in [4.69, 9.17) is 9.84 Å². The van der Waals surface area contributed by atoms with Crippen molar-refractivity contribution in [1.82, 2.24) is 10.2 Å². The normalized spacial score (nSPS) is 18.3. The monoisotopic (exact) mass is 396 g/mol. The second-order valence-electron chi connectivity index (χ2n) is 7.21. The van der Waals surface area contributed by atoms with Gasteiger partial charge in [0.2, 0.25) is 5.91 Å². The average Bonchev–Trinajstić information content (AvgIpc) is 3.13. The van der Waals surface area contributed by atoms with E-state index < -0.39 is 18.1 Å². The fourth-order valence-corrected chi connectivity index (χ4v) is 3.52. The van der Waals surface area contributed by atoms with Gasteiger partial charge in [0.25, 0.3) is 5.91 Å². The fourth-order valence-electron chi connectivity index (χ4n) is 3.52. The van der Waals surface area contributed by atoms with E-state index >= 15 is 0 Å². The molecule has 0 aromatic heterocycles. The Bertz CT molecular complexity index is 899. The molecule has 1 unspecified atom stereocenters. The second-order valence-corrected chi connectivity index (χ2v) is 7.21. The number of amides is 2. The van der Waals surface area contributed by atoms with Gasteiger partial charge in [-0.15, -0.1) is 0 Å². The van der Waals surface area contributed by atoms with Gasteiger partial charge in [-0.1, -0.05) is 30.3 Å². The van der Waals surface area contributed by atoms with E-state index in [-0.39, 0.29) is 18.4 Å². The predicted molar refractivity (Wildman–Crippen MR) is 107 cm³/mol. The van der Waals surface area contributed by atoms with E-state index in [0.717, 1.165) is 12.0 Å². The third kappa shape index (κ3) is 4.74. The summed E-state index contributed by atoms with van der Waals surface area (Å²) >= 11 is 0. The molecule has 29 heavy (non-hydrogen) atoms. The molecule has 1 atom stereocenters. The number of nitrogens with zero attached hydrogens (tertiary/aromatic N) is 1. The molecule has 3 rings (SSSR count). The van der Waals surface area contributed by atoms with Crippen LogP contribution in [0.3, 0.4) is 0 Å². The van der Waals surface area contributed by atoms with Crippen LogP contribution in [0.4, 0.5) is 0 Å². The predicted octanol–water partition coefficient (Wildman–Crippen LogP) is 2.46. The molecular weight excluding hydrogens is 372 g/mol. The number of carboxylic acids is 1. The van der Waals surface area contributed by atoms with Crippen molar-refractivity contribution in [2.45, 2.75) is 31.8 Å². The number of rotatable bonds is 7. The Labute approximate surface area is 169 Å². The van der Waals surface area contributed by atoms with Crippen molar-refractivity contribution in [1.29, 1.82) is 0 Å². The van der Waals surface area contributed by atoms with Gasteiger partial charge in [-0.2, -0.15) is 0 Å². The van der Waals surface area contributed by atoms with E-state index in [2.05, 4.69) is 5.32 Å². The van der Waals surface area contributed by atoms with Gasteiger partial charge >= 0.3 is 5.97 Å². The van der Waals surface area contributed by atoms with Crippen molar-refractivity contribution >= 4 is 17.8 Å². The van der Waals surface area contributed by atoms with Crippen LogP contribution in [0.1, 0.15) is 35.7 Å². The lowest BCUT2D eigenvalue weighted by atomic mass is 9.96. The van der Waals surface area contributed by atoms with Crippen LogP contribution in [0, 0.1) is 0 Å². The molecule has 1 aliphatic rings. The molecule has 7 nitrogen and oxygen atoms in total. The Kier molecular flexibility index (Phi) is 6.16. The van der Waals surface area contributed by atoms with Crippen molar-refractivity contribution in [2.75, 3.05) is 13.2 Å². The van der Waals surface area contributed by atoms with Crippen LogP contribution in [0.5, 0.6) is 5.75 Å². The van der Waals surface area contributed by atoms with Crippen molar-refractivity contribution < 1.29 is 24.2 Å². The van der Waals surface area contributed by atoms with Gasteiger partial charge in [-0.05, 0) is 49.6 Å². The summed E-state index contributed by atoms with van der Waals surface area (Å²) in [6.45, 7) is 2.16. The highest BCUT2D eigenvalue weighted by Crippen LogP contribution is 2.31. The van der Waals surface area contributed by atoms with Gasteiger partial charge < -0.3 is 20.1 Å². The lowest BCUT2D eigenvalue weighted by Crippen LogP contribution is -2.55. The highest BCUT2D eigenvalue weighted by atomic mass is 16.5. The van der Waals surface area contributed by atoms with E-state index in [1.54, 1.807) is 54.3 Å². The highest BCUT2D eigenvalue weighted by molar-refractivity contribution is 5.99. The Morgan fingerprint density at radius 1 is 1.14 bits per heavy atom. The van der Waals surface area contributed by atoms with Crippen LogP contribution in [0.25, 0.3) is 0 Å². The number of ether oxygens (including phenoxy) is 1. The van der Waals surface area contributed by atoms with Gasteiger partial charge in [0.1, 0.15) is 11.3 Å². The zero-order valence-corrected chi connectivity index (χ0v) is 16.3. The van der Waals surface area contributed by atoms with E-state index in [1.807, 2.05) is 12.1 Å². The second kappa shape index (κ2) is 8.77. The molecule has 1 heterocycles. The lowest BCUT2D eigenvalue weighted by molar-refractivity contribution is -0.139. The Hall–Kier alpha value is -3.35. The molecule has 0 radical (unpaired) electrons. The maximum atomic E-state index is 13.0. The van der Waals surface area contributed by atoms with Crippen LogP contribution in [0.2, 0.25) is 0 Å². The zero-order chi connectivity index (χ0) is 20.9. The molecule has 2 aromatic carbocycles. The molecule has 1 fully saturated rings. The topological polar surface area (TPSA) is 95.9 Å². The van der Waals surface area contributed by atoms with Crippen LogP contribution < -0.4 is 10.1 Å². The third-order valence-corrected chi connectivity index (χ3v) is 5.11. The van der Waals surface area contributed by atoms with Crippen molar-refractivity contribution in [3.05, 3.63) is 65.7 Å². The fraction of sp³-hybridized carbons (Fsp3) is 0.318. The maximum absolute atomic E-state index is 13.0. The number of hydrogen-bond donors (Lipinski definition) is 2. The SMILES string of the molecule is CC1(C(=O)NCc2cccc(OCC(=O)O)c2)CCCN1C(=O)c1ccccc1. The molecule has 2 amide bonds. The highest BCUT2D eigenvalue weighted by Gasteiger charge is 2.45. The number of carbonyl (C=O) groups is 3. The smallest absolute Gasteiger partial charge is 0.341 e. The lowest BCUT2D eigenvalue weighted by Gasteiger charge is -2.34. The molecule has 0 spiro atoms. The molecule has 1 aliphatic heterocycles. The molecule has 2 N–H and O–H groups in total. The summed E-state index contributed by atoms with van der Waals surface area (Å²) in [5.41, 5.74) is 0.435. The standard InChI is InChI=1S/C22H24N2O5/c1-22(11-6-12-24(22)20(27)17-8-3-2-4-9-17)21(28)23-14-16-7-5-10-18(13-16)29-15-19(25)26/h2-5,7-10,13H,6,11-12,14-15H2,1H3,(H,23,28)(H,25,26). The molecule has 2 aromatic rings. The number of benzene rings is 2. The van der Waals surface area contributed by atoms with Crippen molar-refractivity contribution in [3.8, 4) is 5.75 Å². The molecule has 152 valence electrons.